The molecule has 126 valence electrons. The zero-order valence-electron chi connectivity index (χ0n) is 13.4. The van der Waals surface area contributed by atoms with E-state index < -0.39 is 0 Å². The highest BCUT2D eigenvalue weighted by atomic mass is 16.5. The van der Waals surface area contributed by atoms with Crippen molar-refractivity contribution in [2.75, 3.05) is 25.6 Å². The first-order valence-electron chi connectivity index (χ1n) is 7.95. The molecule has 3 N–H and O–H groups in total. The van der Waals surface area contributed by atoms with Gasteiger partial charge in [-0.05, 0) is 43.5 Å². The maximum absolute atomic E-state index is 12.4. The molecule has 0 aromatic heterocycles. The Hall–Kier alpha value is -2.08. The Morgan fingerprint density at radius 2 is 1.91 bits per heavy atom. The molecule has 0 spiro atoms. The second kappa shape index (κ2) is 8.53. The molecule has 1 fully saturated rings. The van der Waals surface area contributed by atoms with Crippen molar-refractivity contribution in [1.29, 1.82) is 0 Å². The van der Waals surface area contributed by atoms with E-state index in [1.54, 1.807) is 24.3 Å². The van der Waals surface area contributed by atoms with Crippen LogP contribution in [0.3, 0.4) is 0 Å². The molecular formula is C17H24N2O4. The monoisotopic (exact) mass is 320 g/mol. The summed E-state index contributed by atoms with van der Waals surface area (Å²) >= 11 is 0. The largest absolute Gasteiger partial charge is 0.492 e. The Balaban J connectivity index is 1.89. The number of ether oxygens (including phenoxy) is 2. The van der Waals surface area contributed by atoms with Gasteiger partial charge in [-0.2, -0.15) is 0 Å². The molecule has 1 amide bonds. The number of rotatable bonds is 6. The highest BCUT2D eigenvalue weighted by molar-refractivity contribution is 5.93. The number of benzene rings is 1. The Morgan fingerprint density at radius 3 is 2.57 bits per heavy atom. The van der Waals surface area contributed by atoms with E-state index in [-0.39, 0.29) is 23.7 Å². The molecule has 1 saturated carbocycles. The molecule has 6 nitrogen and oxygen atoms in total. The molecule has 2 unspecified atom stereocenters. The van der Waals surface area contributed by atoms with Crippen molar-refractivity contribution in [1.82, 2.24) is 0 Å². The van der Waals surface area contributed by atoms with Crippen LogP contribution in [0.5, 0.6) is 5.75 Å². The molecule has 6 heteroatoms. The quantitative estimate of drug-likeness (QED) is 0.782. The number of anilines is 1. The second-order valence-corrected chi connectivity index (χ2v) is 5.73. The summed E-state index contributed by atoms with van der Waals surface area (Å²) in [5.41, 5.74) is 6.10. The van der Waals surface area contributed by atoms with Gasteiger partial charge in [0.05, 0.1) is 13.0 Å². The van der Waals surface area contributed by atoms with E-state index in [1.165, 1.54) is 7.11 Å². The van der Waals surface area contributed by atoms with Gasteiger partial charge >= 0.3 is 5.97 Å². The van der Waals surface area contributed by atoms with Gasteiger partial charge in [0.15, 0.2) is 0 Å². The van der Waals surface area contributed by atoms with Crippen LogP contribution in [0.15, 0.2) is 24.3 Å². The summed E-state index contributed by atoms with van der Waals surface area (Å²) in [4.78, 5) is 24.0. The molecule has 2 atom stereocenters. The molecule has 1 aliphatic carbocycles. The number of nitrogens with two attached hydrogens (primary N) is 1. The molecule has 0 heterocycles. The Labute approximate surface area is 136 Å². The van der Waals surface area contributed by atoms with E-state index in [0.29, 0.717) is 19.6 Å². The van der Waals surface area contributed by atoms with Gasteiger partial charge in [-0.1, -0.05) is 6.42 Å². The number of hydrogen-bond acceptors (Lipinski definition) is 5. The van der Waals surface area contributed by atoms with Gasteiger partial charge in [-0.3, -0.25) is 9.59 Å². The summed E-state index contributed by atoms with van der Waals surface area (Å²) in [6.45, 7) is 0.921. The molecule has 1 aromatic carbocycles. The van der Waals surface area contributed by atoms with Crippen molar-refractivity contribution in [3.8, 4) is 5.75 Å². The van der Waals surface area contributed by atoms with Gasteiger partial charge in [0.1, 0.15) is 12.4 Å². The Bertz CT molecular complexity index is 530. The van der Waals surface area contributed by atoms with Crippen LogP contribution in [0.1, 0.15) is 25.7 Å². The smallest absolute Gasteiger partial charge is 0.308 e. The first kappa shape index (κ1) is 17.3. The maximum Gasteiger partial charge on any atom is 0.308 e. The van der Waals surface area contributed by atoms with Gasteiger partial charge in [0.25, 0.3) is 0 Å². The van der Waals surface area contributed by atoms with Gasteiger partial charge in [-0.15, -0.1) is 0 Å². The average molecular weight is 320 g/mol. The summed E-state index contributed by atoms with van der Waals surface area (Å²) in [5.74, 6) is 0.132. The molecule has 1 aromatic rings. The van der Waals surface area contributed by atoms with Crippen LogP contribution >= 0.6 is 0 Å². The van der Waals surface area contributed by atoms with Gasteiger partial charge in [-0.25, -0.2) is 0 Å². The van der Waals surface area contributed by atoms with Crippen LogP contribution in [-0.4, -0.2) is 32.1 Å². The van der Waals surface area contributed by atoms with Crippen molar-refractivity contribution >= 4 is 17.6 Å². The summed E-state index contributed by atoms with van der Waals surface area (Å²) in [7, 11) is 1.39. The second-order valence-electron chi connectivity index (χ2n) is 5.73. The molecule has 2 rings (SSSR count). The third-order valence-corrected chi connectivity index (χ3v) is 4.09. The lowest BCUT2D eigenvalue weighted by atomic mass is 9.81. The molecular weight excluding hydrogens is 296 g/mol. The lowest BCUT2D eigenvalue weighted by Crippen LogP contribution is -2.31. The van der Waals surface area contributed by atoms with Gasteiger partial charge < -0.3 is 20.5 Å². The first-order chi connectivity index (χ1) is 11.1. The average Bonchev–Trinajstić information content (AvgIpc) is 2.60. The van der Waals surface area contributed by atoms with E-state index in [1.807, 2.05) is 0 Å². The molecule has 0 radical (unpaired) electrons. The predicted octanol–water partition coefficient (Wildman–Crippen LogP) is 1.94. The van der Waals surface area contributed by atoms with Crippen molar-refractivity contribution in [2.24, 2.45) is 17.6 Å². The van der Waals surface area contributed by atoms with Crippen LogP contribution in [-0.2, 0) is 14.3 Å². The number of carbonyl (C=O) groups is 2. The van der Waals surface area contributed by atoms with E-state index in [4.69, 9.17) is 15.2 Å². The van der Waals surface area contributed by atoms with Crippen molar-refractivity contribution in [2.45, 2.75) is 25.7 Å². The summed E-state index contributed by atoms with van der Waals surface area (Å²) in [6, 6.07) is 7.18. The minimum absolute atomic E-state index is 0.0470. The Morgan fingerprint density at radius 1 is 1.22 bits per heavy atom. The SMILES string of the molecule is COC(=O)C1CCCC(C(=O)Nc2ccc(OCCN)cc2)C1. The minimum Gasteiger partial charge on any atom is -0.492 e. The molecule has 0 aliphatic heterocycles. The fraction of sp³-hybridized carbons (Fsp3) is 0.529. The normalized spacial score (nSPS) is 20.6. The zero-order chi connectivity index (χ0) is 16.7. The number of nitrogens with one attached hydrogen (secondary N) is 1. The lowest BCUT2D eigenvalue weighted by molar-refractivity contribution is -0.147. The van der Waals surface area contributed by atoms with Crippen molar-refractivity contribution in [3.05, 3.63) is 24.3 Å². The summed E-state index contributed by atoms with van der Waals surface area (Å²) in [6.07, 6.45) is 3.01. The number of hydrogen-bond donors (Lipinski definition) is 2. The molecule has 0 bridgehead atoms. The Kier molecular flexibility index (Phi) is 6.40. The van der Waals surface area contributed by atoms with E-state index >= 15 is 0 Å². The number of methoxy groups -OCH3 is 1. The molecule has 1 aliphatic rings. The van der Waals surface area contributed by atoms with Crippen LogP contribution in [0.4, 0.5) is 5.69 Å². The topological polar surface area (TPSA) is 90.7 Å². The maximum atomic E-state index is 12.4. The highest BCUT2D eigenvalue weighted by Gasteiger charge is 2.31. The number of carbonyl (C=O) groups excluding carboxylic acids is 2. The molecule has 23 heavy (non-hydrogen) atoms. The first-order valence-corrected chi connectivity index (χ1v) is 7.95. The third kappa shape index (κ3) is 4.96. The van der Waals surface area contributed by atoms with E-state index in [9.17, 15) is 9.59 Å². The minimum atomic E-state index is -0.219. The van der Waals surface area contributed by atoms with Gasteiger partial charge in [0.2, 0.25) is 5.91 Å². The van der Waals surface area contributed by atoms with Crippen LogP contribution in [0.25, 0.3) is 0 Å². The van der Waals surface area contributed by atoms with E-state index in [0.717, 1.165) is 30.7 Å². The van der Waals surface area contributed by atoms with E-state index in [2.05, 4.69) is 5.32 Å². The lowest BCUT2D eigenvalue weighted by Gasteiger charge is -2.26. The zero-order valence-corrected chi connectivity index (χ0v) is 13.4. The fourth-order valence-corrected chi connectivity index (χ4v) is 2.86. The summed E-state index contributed by atoms with van der Waals surface area (Å²) in [5, 5.41) is 2.90. The number of esters is 1. The number of amides is 1. The predicted molar refractivity (Wildman–Crippen MR) is 87.1 cm³/mol. The standard InChI is InChI=1S/C17H24N2O4/c1-22-17(21)13-4-2-3-12(11-13)16(20)19-14-5-7-15(8-6-14)23-10-9-18/h5-8,12-13H,2-4,9-11,18H2,1H3,(H,19,20). The van der Waals surface area contributed by atoms with Crippen LogP contribution in [0.2, 0.25) is 0 Å². The fourth-order valence-electron chi connectivity index (χ4n) is 2.86. The third-order valence-electron chi connectivity index (χ3n) is 4.09. The highest BCUT2D eigenvalue weighted by Crippen LogP contribution is 2.30. The summed E-state index contributed by atoms with van der Waals surface area (Å²) < 4.78 is 10.2. The van der Waals surface area contributed by atoms with Crippen LogP contribution in [0, 0.1) is 11.8 Å². The van der Waals surface area contributed by atoms with Crippen molar-refractivity contribution in [3.63, 3.8) is 0 Å². The van der Waals surface area contributed by atoms with Gasteiger partial charge in [0, 0.05) is 18.2 Å². The van der Waals surface area contributed by atoms with Crippen molar-refractivity contribution < 1.29 is 19.1 Å². The molecule has 0 saturated heterocycles. The van der Waals surface area contributed by atoms with Crippen LogP contribution < -0.4 is 15.8 Å².